The highest BCUT2D eigenvalue weighted by atomic mass is 35.5. The predicted octanol–water partition coefficient (Wildman–Crippen LogP) is 3.83. The van der Waals surface area contributed by atoms with Gasteiger partial charge in [0.1, 0.15) is 0 Å². The van der Waals surface area contributed by atoms with Gasteiger partial charge in [0.2, 0.25) is 15.9 Å². The molecule has 0 spiro atoms. The van der Waals surface area contributed by atoms with Crippen molar-refractivity contribution in [2.75, 3.05) is 18.4 Å². The van der Waals surface area contributed by atoms with Crippen LogP contribution in [0.1, 0.15) is 49.0 Å². The number of halogens is 1. The predicted molar refractivity (Wildman–Crippen MR) is 125 cm³/mol. The molecule has 2 amide bonds. The molecule has 1 saturated heterocycles. The molecular weight excluding hydrogens is 450 g/mol. The molecule has 0 atom stereocenters. The van der Waals surface area contributed by atoms with Gasteiger partial charge in [-0.05, 0) is 69.0 Å². The lowest BCUT2D eigenvalue weighted by molar-refractivity contribution is -0.116. The smallest absolute Gasteiger partial charge is 0.253 e. The van der Waals surface area contributed by atoms with E-state index in [9.17, 15) is 18.0 Å². The average molecular weight is 478 g/mol. The first-order valence-electron chi connectivity index (χ1n) is 10.7. The van der Waals surface area contributed by atoms with E-state index >= 15 is 0 Å². The Labute approximate surface area is 194 Å². The van der Waals surface area contributed by atoms with Crippen LogP contribution in [0.5, 0.6) is 0 Å². The van der Waals surface area contributed by atoms with Gasteiger partial charge < -0.3 is 10.6 Å². The van der Waals surface area contributed by atoms with Crippen molar-refractivity contribution >= 4 is 39.1 Å². The maximum atomic E-state index is 12.6. The van der Waals surface area contributed by atoms with Gasteiger partial charge in [0, 0.05) is 30.6 Å². The van der Waals surface area contributed by atoms with Crippen molar-refractivity contribution in [2.45, 2.75) is 50.5 Å². The SMILES string of the molecule is CC(C)NC(=O)c1ccc(Cl)cc1NC(=O)CCc1ccc(S(=O)(=O)N2CCCC2)cc1. The summed E-state index contributed by atoms with van der Waals surface area (Å²) in [6, 6.07) is 11.3. The Morgan fingerprint density at radius 1 is 1.06 bits per heavy atom. The van der Waals surface area contributed by atoms with Crippen LogP contribution >= 0.6 is 11.6 Å². The molecule has 1 aliphatic rings. The quantitative estimate of drug-likeness (QED) is 0.603. The second kappa shape index (κ2) is 10.5. The minimum atomic E-state index is -3.45. The molecule has 1 heterocycles. The highest BCUT2D eigenvalue weighted by molar-refractivity contribution is 7.89. The fourth-order valence-corrected chi connectivity index (χ4v) is 5.22. The molecule has 32 heavy (non-hydrogen) atoms. The molecule has 3 rings (SSSR count). The number of hydrogen-bond acceptors (Lipinski definition) is 4. The summed E-state index contributed by atoms with van der Waals surface area (Å²) in [5.41, 5.74) is 1.55. The fraction of sp³-hybridized carbons (Fsp3) is 0.391. The summed E-state index contributed by atoms with van der Waals surface area (Å²) < 4.78 is 26.7. The molecule has 1 aliphatic heterocycles. The van der Waals surface area contributed by atoms with Gasteiger partial charge in [-0.15, -0.1) is 0 Å². The number of amides is 2. The van der Waals surface area contributed by atoms with Crippen molar-refractivity contribution in [3.8, 4) is 0 Å². The van der Waals surface area contributed by atoms with Gasteiger partial charge in [-0.1, -0.05) is 23.7 Å². The summed E-state index contributed by atoms with van der Waals surface area (Å²) >= 11 is 6.05. The van der Waals surface area contributed by atoms with Crippen molar-refractivity contribution < 1.29 is 18.0 Å². The molecule has 0 aromatic heterocycles. The molecule has 7 nitrogen and oxygen atoms in total. The van der Waals surface area contributed by atoms with E-state index in [0.29, 0.717) is 35.8 Å². The Kier molecular flexibility index (Phi) is 7.92. The number of carbonyl (C=O) groups excluding carboxylic acids is 2. The number of hydrogen-bond donors (Lipinski definition) is 2. The van der Waals surface area contributed by atoms with Crippen LogP contribution in [0.25, 0.3) is 0 Å². The van der Waals surface area contributed by atoms with Gasteiger partial charge in [-0.25, -0.2) is 8.42 Å². The standard InChI is InChI=1S/C23H28ClN3O4S/c1-16(2)25-23(29)20-11-8-18(24)15-21(20)26-22(28)12-7-17-5-9-19(10-6-17)32(30,31)27-13-3-4-14-27/h5-6,8-11,15-16H,3-4,7,12-14H2,1-2H3,(H,25,29)(H,26,28). The number of rotatable bonds is 8. The summed E-state index contributed by atoms with van der Waals surface area (Å²) in [5, 5.41) is 5.98. The van der Waals surface area contributed by atoms with Crippen molar-refractivity contribution in [3.63, 3.8) is 0 Å². The molecule has 172 valence electrons. The Morgan fingerprint density at radius 3 is 2.34 bits per heavy atom. The van der Waals surface area contributed by atoms with E-state index in [4.69, 9.17) is 11.6 Å². The zero-order chi connectivity index (χ0) is 23.3. The topological polar surface area (TPSA) is 95.6 Å². The first-order chi connectivity index (χ1) is 15.2. The lowest BCUT2D eigenvalue weighted by atomic mass is 10.1. The number of carbonyl (C=O) groups is 2. The molecule has 1 fully saturated rings. The summed E-state index contributed by atoms with van der Waals surface area (Å²) in [7, 11) is -3.45. The van der Waals surface area contributed by atoms with Crippen LogP contribution < -0.4 is 10.6 Å². The van der Waals surface area contributed by atoms with Crippen LogP contribution in [0.4, 0.5) is 5.69 Å². The Morgan fingerprint density at radius 2 is 1.72 bits per heavy atom. The van der Waals surface area contributed by atoms with E-state index < -0.39 is 10.0 Å². The van der Waals surface area contributed by atoms with Gasteiger partial charge >= 0.3 is 0 Å². The zero-order valence-corrected chi connectivity index (χ0v) is 19.8. The largest absolute Gasteiger partial charge is 0.350 e. The summed E-state index contributed by atoms with van der Waals surface area (Å²) in [6.07, 6.45) is 2.39. The van der Waals surface area contributed by atoms with Gasteiger partial charge in [0.15, 0.2) is 0 Å². The summed E-state index contributed by atoms with van der Waals surface area (Å²) in [5.74, 6) is -0.554. The third-order valence-corrected chi connectivity index (χ3v) is 7.33. The van der Waals surface area contributed by atoms with Crippen molar-refractivity contribution in [2.24, 2.45) is 0 Å². The number of anilines is 1. The average Bonchev–Trinajstić information content (AvgIpc) is 3.28. The summed E-state index contributed by atoms with van der Waals surface area (Å²) in [4.78, 5) is 25.2. The van der Waals surface area contributed by atoms with Gasteiger partial charge in [-0.2, -0.15) is 4.31 Å². The van der Waals surface area contributed by atoms with Crippen molar-refractivity contribution in [3.05, 3.63) is 58.6 Å². The molecule has 0 aliphatic carbocycles. The van der Waals surface area contributed by atoms with E-state index in [1.165, 1.54) is 4.31 Å². The molecule has 2 aromatic rings. The Balaban J connectivity index is 1.62. The van der Waals surface area contributed by atoms with Crippen molar-refractivity contribution in [1.82, 2.24) is 9.62 Å². The van der Waals surface area contributed by atoms with E-state index in [1.54, 1.807) is 42.5 Å². The molecule has 0 saturated carbocycles. The third kappa shape index (κ3) is 6.09. The molecule has 2 N–H and O–H groups in total. The number of aryl methyl sites for hydroxylation is 1. The van der Waals surface area contributed by atoms with Crippen LogP contribution in [0.3, 0.4) is 0 Å². The minimum absolute atomic E-state index is 0.0426. The number of sulfonamides is 1. The normalized spacial score (nSPS) is 14.5. The maximum Gasteiger partial charge on any atom is 0.253 e. The molecule has 0 radical (unpaired) electrons. The van der Waals surface area contributed by atoms with Crippen LogP contribution in [-0.2, 0) is 21.2 Å². The van der Waals surface area contributed by atoms with E-state index in [2.05, 4.69) is 10.6 Å². The van der Waals surface area contributed by atoms with Gasteiger partial charge in [0.25, 0.3) is 5.91 Å². The van der Waals surface area contributed by atoms with Crippen molar-refractivity contribution in [1.29, 1.82) is 0 Å². The number of nitrogens with zero attached hydrogens (tertiary/aromatic N) is 1. The number of nitrogens with one attached hydrogen (secondary N) is 2. The van der Waals surface area contributed by atoms with Gasteiger partial charge in [0.05, 0.1) is 16.1 Å². The first-order valence-corrected chi connectivity index (χ1v) is 12.5. The Bertz CT molecular complexity index is 1080. The molecular formula is C23H28ClN3O4S. The highest BCUT2D eigenvalue weighted by Crippen LogP contribution is 2.23. The zero-order valence-electron chi connectivity index (χ0n) is 18.2. The van der Waals surface area contributed by atoms with Gasteiger partial charge in [-0.3, -0.25) is 9.59 Å². The molecule has 0 unspecified atom stereocenters. The fourth-order valence-electron chi connectivity index (χ4n) is 3.53. The van der Waals surface area contributed by atoms with E-state index in [1.807, 2.05) is 13.8 Å². The Hall–Kier alpha value is -2.42. The monoisotopic (exact) mass is 477 g/mol. The molecule has 9 heteroatoms. The molecule has 2 aromatic carbocycles. The maximum absolute atomic E-state index is 12.6. The molecule has 0 bridgehead atoms. The first kappa shape index (κ1) is 24.2. The second-order valence-electron chi connectivity index (χ2n) is 8.12. The summed E-state index contributed by atoms with van der Waals surface area (Å²) in [6.45, 7) is 4.83. The van der Waals surface area contributed by atoms with Crippen LogP contribution in [0.15, 0.2) is 47.4 Å². The van der Waals surface area contributed by atoms with Crippen LogP contribution in [0, 0.1) is 0 Å². The van der Waals surface area contributed by atoms with Crippen LogP contribution in [-0.4, -0.2) is 43.7 Å². The highest BCUT2D eigenvalue weighted by Gasteiger charge is 2.26. The third-order valence-electron chi connectivity index (χ3n) is 5.19. The lowest BCUT2D eigenvalue weighted by Gasteiger charge is -2.15. The number of benzene rings is 2. The van der Waals surface area contributed by atoms with E-state index in [0.717, 1.165) is 18.4 Å². The van der Waals surface area contributed by atoms with E-state index in [-0.39, 0.29) is 29.2 Å². The second-order valence-corrected chi connectivity index (χ2v) is 10.5. The minimum Gasteiger partial charge on any atom is -0.350 e. The lowest BCUT2D eigenvalue weighted by Crippen LogP contribution is -2.31. The van der Waals surface area contributed by atoms with Crippen LogP contribution in [0.2, 0.25) is 5.02 Å².